The molecule has 1 nitrogen and oxygen atoms in total. The Labute approximate surface area is 153 Å². The van der Waals surface area contributed by atoms with Gasteiger partial charge in [0.15, 0.2) is 0 Å². The number of aliphatic hydroxyl groups is 1. The fourth-order valence-corrected chi connectivity index (χ4v) is 7.04. The van der Waals surface area contributed by atoms with Gasteiger partial charge in [-0.3, -0.25) is 0 Å². The van der Waals surface area contributed by atoms with Gasteiger partial charge in [0, 0.05) is 0 Å². The second kappa shape index (κ2) is 5.98. The molecular weight excluding hydrogens is 304 g/mol. The van der Waals surface area contributed by atoms with Crippen LogP contribution in [0.3, 0.4) is 0 Å². The summed E-state index contributed by atoms with van der Waals surface area (Å²) in [4.78, 5) is 0. The van der Waals surface area contributed by atoms with Crippen LogP contribution in [0.1, 0.15) is 65.7 Å². The van der Waals surface area contributed by atoms with Crippen LogP contribution < -0.4 is 0 Å². The van der Waals surface area contributed by atoms with Gasteiger partial charge in [-0.25, -0.2) is 0 Å². The van der Waals surface area contributed by atoms with Crippen molar-refractivity contribution in [3.63, 3.8) is 0 Å². The van der Waals surface area contributed by atoms with Crippen LogP contribution in [0.25, 0.3) is 0 Å². The van der Waals surface area contributed by atoms with Crippen molar-refractivity contribution in [2.75, 3.05) is 0 Å². The van der Waals surface area contributed by atoms with Crippen LogP contribution in [0, 0.1) is 28.6 Å². The molecule has 4 rings (SSSR count). The van der Waals surface area contributed by atoms with Gasteiger partial charge in [0.05, 0.1) is 6.10 Å². The molecule has 0 amide bonds. The molecule has 0 radical (unpaired) electrons. The first-order valence-electron chi connectivity index (χ1n) is 10.3. The summed E-state index contributed by atoms with van der Waals surface area (Å²) in [5, 5.41) is 10.1. The van der Waals surface area contributed by atoms with E-state index in [4.69, 9.17) is 0 Å². The fraction of sp³-hybridized carbons (Fsp3) is 0.667. The number of allylic oxidation sites excluding steroid dienone is 6. The molecule has 6 atom stereocenters. The van der Waals surface area contributed by atoms with Crippen molar-refractivity contribution in [1.29, 1.82) is 0 Å². The summed E-state index contributed by atoms with van der Waals surface area (Å²) < 4.78 is 0. The Morgan fingerprint density at radius 3 is 2.60 bits per heavy atom. The molecule has 6 unspecified atom stereocenters. The van der Waals surface area contributed by atoms with Crippen molar-refractivity contribution < 1.29 is 5.11 Å². The van der Waals surface area contributed by atoms with Crippen LogP contribution in [0.4, 0.5) is 0 Å². The molecule has 25 heavy (non-hydrogen) atoms. The van der Waals surface area contributed by atoms with E-state index >= 15 is 0 Å². The first kappa shape index (κ1) is 17.3. The third-order valence-corrected chi connectivity index (χ3v) is 8.50. The van der Waals surface area contributed by atoms with E-state index in [0.717, 1.165) is 30.6 Å². The van der Waals surface area contributed by atoms with Gasteiger partial charge in [0.1, 0.15) is 0 Å². The Kier molecular flexibility index (Phi) is 4.15. The van der Waals surface area contributed by atoms with Crippen LogP contribution in [-0.4, -0.2) is 11.2 Å². The second-order valence-electron chi connectivity index (χ2n) is 9.41. The molecule has 0 spiro atoms. The average Bonchev–Trinajstić information content (AvgIpc) is 2.94. The highest BCUT2D eigenvalue weighted by molar-refractivity contribution is 5.46. The number of hydrogen-bond donors (Lipinski definition) is 1. The summed E-state index contributed by atoms with van der Waals surface area (Å²) in [6.45, 7) is 11.2. The van der Waals surface area contributed by atoms with Crippen LogP contribution >= 0.6 is 0 Å². The molecule has 0 heterocycles. The molecule has 2 saturated carbocycles. The highest BCUT2D eigenvalue weighted by atomic mass is 16.3. The van der Waals surface area contributed by atoms with E-state index in [2.05, 4.69) is 45.6 Å². The summed E-state index contributed by atoms with van der Waals surface area (Å²) in [7, 11) is 0. The number of aliphatic hydroxyl groups excluding tert-OH is 1. The summed E-state index contributed by atoms with van der Waals surface area (Å²) in [5.41, 5.74) is 5.15. The lowest BCUT2D eigenvalue weighted by atomic mass is 9.47. The standard InChI is InChI=1S/C24H34O/c1-5-16(6-2)20-9-10-21-19-8-7-17-15-18(25)11-13-23(17,3)22(19)12-14-24(20,21)4/h5-7,9,18-19,21-22,25H,1,8,10-15H2,2-4H3. The van der Waals surface area contributed by atoms with Crippen LogP contribution in [0.5, 0.6) is 0 Å². The highest BCUT2D eigenvalue weighted by Gasteiger charge is 2.56. The smallest absolute Gasteiger partial charge is 0.0577 e. The Bertz CT molecular complexity index is 666. The zero-order chi connectivity index (χ0) is 17.8. The summed E-state index contributed by atoms with van der Waals surface area (Å²) in [6, 6.07) is 0. The maximum absolute atomic E-state index is 10.1. The maximum atomic E-state index is 10.1. The molecule has 136 valence electrons. The lowest BCUT2D eigenvalue weighted by Gasteiger charge is -2.57. The van der Waals surface area contributed by atoms with Gasteiger partial charge in [-0.2, -0.15) is 0 Å². The largest absolute Gasteiger partial charge is 0.393 e. The van der Waals surface area contributed by atoms with Crippen LogP contribution in [0.2, 0.25) is 0 Å². The zero-order valence-corrected chi connectivity index (χ0v) is 16.2. The maximum Gasteiger partial charge on any atom is 0.0577 e. The third-order valence-electron chi connectivity index (χ3n) is 8.50. The molecule has 2 fully saturated rings. The normalized spacial score (nSPS) is 46.5. The minimum atomic E-state index is -0.102. The topological polar surface area (TPSA) is 20.2 Å². The van der Waals surface area contributed by atoms with Crippen molar-refractivity contribution >= 4 is 0 Å². The van der Waals surface area contributed by atoms with E-state index in [0.29, 0.717) is 10.8 Å². The van der Waals surface area contributed by atoms with E-state index in [1.165, 1.54) is 37.7 Å². The van der Waals surface area contributed by atoms with Crippen LogP contribution in [-0.2, 0) is 0 Å². The first-order chi connectivity index (χ1) is 11.9. The van der Waals surface area contributed by atoms with Gasteiger partial charge >= 0.3 is 0 Å². The molecule has 1 N–H and O–H groups in total. The zero-order valence-electron chi connectivity index (χ0n) is 16.2. The predicted octanol–water partition coefficient (Wildman–Crippen LogP) is 5.98. The third kappa shape index (κ3) is 2.38. The van der Waals surface area contributed by atoms with Crippen molar-refractivity contribution in [2.24, 2.45) is 28.6 Å². The van der Waals surface area contributed by atoms with E-state index in [9.17, 15) is 5.11 Å². The Balaban J connectivity index is 1.66. The van der Waals surface area contributed by atoms with E-state index in [-0.39, 0.29) is 6.10 Å². The molecule has 0 aliphatic heterocycles. The predicted molar refractivity (Wildman–Crippen MR) is 105 cm³/mol. The van der Waals surface area contributed by atoms with Crippen molar-refractivity contribution in [2.45, 2.75) is 71.8 Å². The molecule has 0 bridgehead atoms. The molecule has 1 heteroatoms. The monoisotopic (exact) mass is 338 g/mol. The lowest BCUT2D eigenvalue weighted by Crippen LogP contribution is -2.50. The number of hydrogen-bond acceptors (Lipinski definition) is 1. The molecule has 0 aromatic heterocycles. The van der Waals surface area contributed by atoms with E-state index < -0.39 is 0 Å². The van der Waals surface area contributed by atoms with Gasteiger partial charge in [0.2, 0.25) is 0 Å². The highest BCUT2D eigenvalue weighted by Crippen LogP contribution is 2.65. The summed E-state index contributed by atoms with van der Waals surface area (Å²) in [6.07, 6.45) is 17.4. The van der Waals surface area contributed by atoms with Gasteiger partial charge in [-0.05, 0) is 91.6 Å². The van der Waals surface area contributed by atoms with Gasteiger partial charge < -0.3 is 5.11 Å². The molecular formula is C24H34O. The Morgan fingerprint density at radius 1 is 1.12 bits per heavy atom. The fourth-order valence-electron chi connectivity index (χ4n) is 7.04. The van der Waals surface area contributed by atoms with E-state index in [1.54, 1.807) is 11.1 Å². The Morgan fingerprint density at radius 2 is 1.88 bits per heavy atom. The van der Waals surface area contributed by atoms with Crippen molar-refractivity contribution in [3.8, 4) is 0 Å². The number of rotatable bonds is 2. The quantitative estimate of drug-likeness (QED) is 0.485. The van der Waals surface area contributed by atoms with Crippen molar-refractivity contribution in [3.05, 3.63) is 47.6 Å². The summed E-state index contributed by atoms with van der Waals surface area (Å²) in [5.74, 6) is 2.39. The minimum Gasteiger partial charge on any atom is -0.393 e. The van der Waals surface area contributed by atoms with Crippen LogP contribution in [0.15, 0.2) is 47.6 Å². The van der Waals surface area contributed by atoms with Gasteiger partial charge in [0.25, 0.3) is 0 Å². The van der Waals surface area contributed by atoms with E-state index in [1.807, 2.05) is 6.08 Å². The molecule has 4 aliphatic carbocycles. The van der Waals surface area contributed by atoms with Gasteiger partial charge in [-0.1, -0.05) is 50.3 Å². The molecule has 4 aliphatic rings. The number of fused-ring (bicyclic) bond motifs is 5. The molecule has 0 aromatic carbocycles. The minimum absolute atomic E-state index is 0.102. The summed E-state index contributed by atoms with van der Waals surface area (Å²) >= 11 is 0. The average molecular weight is 339 g/mol. The second-order valence-corrected chi connectivity index (χ2v) is 9.41. The first-order valence-corrected chi connectivity index (χ1v) is 10.3. The van der Waals surface area contributed by atoms with Crippen molar-refractivity contribution in [1.82, 2.24) is 0 Å². The molecule has 0 saturated heterocycles. The SMILES string of the molecule is C=CC(=CC)C1=CCC2C3CC=C4CC(O)CCC4(C)C3CCC12C. The molecule has 0 aromatic rings. The van der Waals surface area contributed by atoms with Gasteiger partial charge in [-0.15, -0.1) is 0 Å². The Hall–Kier alpha value is -1.08. The lowest BCUT2D eigenvalue weighted by molar-refractivity contribution is -0.0287.